The van der Waals surface area contributed by atoms with Gasteiger partial charge in [-0.15, -0.1) is 0 Å². The van der Waals surface area contributed by atoms with Crippen LogP contribution in [0.25, 0.3) is 0 Å². The molecule has 0 fully saturated rings. The summed E-state index contributed by atoms with van der Waals surface area (Å²) in [5.41, 5.74) is 1.12. The summed E-state index contributed by atoms with van der Waals surface area (Å²) in [6.07, 6.45) is -0.463. The molecule has 2 N–H and O–H groups in total. The molecule has 1 atom stereocenters. The Hall–Kier alpha value is -2.60. The van der Waals surface area contributed by atoms with Gasteiger partial charge in [0.15, 0.2) is 0 Å². The van der Waals surface area contributed by atoms with Crippen molar-refractivity contribution < 1.29 is 19.1 Å². The molecule has 0 bridgehead atoms. The third-order valence-corrected chi connectivity index (χ3v) is 10.3. The number of carbonyl (C=O) groups is 2. The number of nitrogens with one attached hydrogen (secondary N) is 1. The molecular weight excluding hydrogens is 370 g/mol. The van der Waals surface area contributed by atoms with E-state index in [1.54, 1.807) is 0 Å². The van der Waals surface area contributed by atoms with Crippen LogP contribution in [0.5, 0.6) is 0 Å². The van der Waals surface area contributed by atoms with Gasteiger partial charge in [0, 0.05) is 6.42 Å². The van der Waals surface area contributed by atoms with Crippen LogP contribution in [0.1, 0.15) is 33.3 Å². The lowest BCUT2D eigenvalue weighted by atomic mass is 10.1. The second-order valence-electron chi connectivity index (χ2n) is 7.58. The molecule has 0 aromatic heterocycles. The molecule has 6 heteroatoms. The van der Waals surface area contributed by atoms with Gasteiger partial charge in [0.25, 0.3) is 8.32 Å². The molecule has 2 aromatic carbocycles. The first-order valence-corrected chi connectivity index (χ1v) is 11.7. The fourth-order valence-electron chi connectivity index (χ4n) is 3.70. The van der Waals surface area contributed by atoms with E-state index in [0.717, 1.165) is 10.8 Å². The average Bonchev–Trinajstić information content (AvgIpc) is 2.66. The maximum absolute atomic E-state index is 12.8. The van der Waals surface area contributed by atoms with Gasteiger partial charge in [-0.05, 0) is 21.8 Å². The Bertz CT molecular complexity index is 770. The van der Waals surface area contributed by atoms with Crippen LogP contribution in [-0.4, -0.2) is 31.5 Å². The topological polar surface area (TPSA) is 75.6 Å². The summed E-state index contributed by atoms with van der Waals surface area (Å²) in [6, 6.07) is 18.0. The number of carbonyl (C=O) groups excluding carboxylic acids is 1. The first-order valence-electron chi connectivity index (χ1n) is 9.59. The number of hydrogen-bond donors (Lipinski definition) is 2. The molecule has 0 saturated heterocycles. The van der Waals surface area contributed by atoms with E-state index < -0.39 is 26.4 Å². The highest BCUT2D eigenvalue weighted by molar-refractivity contribution is 6.89. The SMILES string of the molecule is CC(C)[Si](OC(=O)N[C@@H](Cc1ccccc1)C(=O)O)(c1ccccc1)C(C)C. The van der Waals surface area contributed by atoms with E-state index in [0.29, 0.717) is 0 Å². The molecule has 0 aliphatic heterocycles. The molecule has 2 rings (SSSR count). The van der Waals surface area contributed by atoms with Gasteiger partial charge in [0.1, 0.15) is 6.04 Å². The smallest absolute Gasteiger partial charge is 0.394 e. The minimum Gasteiger partial charge on any atom is -0.499 e. The maximum atomic E-state index is 12.8. The van der Waals surface area contributed by atoms with E-state index in [-0.39, 0.29) is 17.5 Å². The van der Waals surface area contributed by atoms with Crippen LogP contribution in [0.3, 0.4) is 0 Å². The Labute approximate surface area is 167 Å². The van der Waals surface area contributed by atoms with Gasteiger partial charge in [-0.3, -0.25) is 0 Å². The highest BCUT2D eigenvalue weighted by atomic mass is 28.4. The number of benzene rings is 2. The quantitative estimate of drug-likeness (QED) is 0.656. The molecule has 28 heavy (non-hydrogen) atoms. The third kappa shape index (κ3) is 5.01. The lowest BCUT2D eigenvalue weighted by Crippen LogP contribution is -2.59. The molecule has 2 aromatic rings. The fraction of sp³-hybridized carbons (Fsp3) is 0.364. The predicted molar refractivity (Wildman–Crippen MR) is 113 cm³/mol. The lowest BCUT2D eigenvalue weighted by molar-refractivity contribution is -0.139. The molecule has 0 unspecified atom stereocenters. The first kappa shape index (κ1) is 21.7. The molecule has 0 aliphatic carbocycles. The van der Waals surface area contributed by atoms with E-state index in [1.165, 1.54) is 0 Å². The molecule has 0 saturated carbocycles. The lowest BCUT2D eigenvalue weighted by Gasteiger charge is -2.38. The van der Waals surface area contributed by atoms with Crippen LogP contribution < -0.4 is 10.5 Å². The Balaban J connectivity index is 2.23. The van der Waals surface area contributed by atoms with Crippen molar-refractivity contribution in [1.82, 2.24) is 5.32 Å². The Morgan fingerprint density at radius 1 is 0.929 bits per heavy atom. The number of aliphatic carboxylic acids is 1. The zero-order valence-corrected chi connectivity index (χ0v) is 17.9. The van der Waals surface area contributed by atoms with Gasteiger partial charge in [-0.2, -0.15) is 0 Å². The van der Waals surface area contributed by atoms with Crippen LogP contribution in [0.15, 0.2) is 60.7 Å². The zero-order chi connectivity index (χ0) is 20.7. The van der Waals surface area contributed by atoms with E-state index in [9.17, 15) is 14.7 Å². The molecule has 0 heterocycles. The van der Waals surface area contributed by atoms with E-state index in [1.807, 2.05) is 60.7 Å². The molecule has 150 valence electrons. The average molecular weight is 400 g/mol. The second kappa shape index (κ2) is 9.55. The largest absolute Gasteiger partial charge is 0.499 e. The Morgan fingerprint density at radius 3 is 1.89 bits per heavy atom. The summed E-state index contributed by atoms with van der Waals surface area (Å²) in [6.45, 7) is 8.24. The second-order valence-corrected chi connectivity index (χ2v) is 12.3. The van der Waals surface area contributed by atoms with Crippen molar-refractivity contribution in [2.24, 2.45) is 0 Å². The first-order chi connectivity index (χ1) is 13.3. The van der Waals surface area contributed by atoms with Crippen molar-refractivity contribution in [3.63, 3.8) is 0 Å². The molecule has 5 nitrogen and oxygen atoms in total. The van der Waals surface area contributed by atoms with E-state index in [2.05, 4.69) is 33.0 Å². The molecular formula is C22H29NO4Si. The van der Waals surface area contributed by atoms with E-state index >= 15 is 0 Å². The summed E-state index contributed by atoms with van der Waals surface area (Å²) in [5.74, 6) is -1.08. The van der Waals surface area contributed by atoms with Crippen molar-refractivity contribution in [1.29, 1.82) is 0 Å². The van der Waals surface area contributed by atoms with Gasteiger partial charge in [0.05, 0.1) is 0 Å². The molecule has 0 aliphatic rings. The molecule has 1 amide bonds. The van der Waals surface area contributed by atoms with Gasteiger partial charge in [-0.25, -0.2) is 9.59 Å². The van der Waals surface area contributed by atoms with Crippen LogP contribution in [-0.2, 0) is 15.6 Å². The summed E-state index contributed by atoms with van der Waals surface area (Å²) < 4.78 is 6.09. The zero-order valence-electron chi connectivity index (χ0n) is 16.9. The van der Waals surface area contributed by atoms with Crippen LogP contribution in [0, 0.1) is 0 Å². The highest BCUT2D eigenvalue weighted by Crippen LogP contribution is 2.33. The van der Waals surface area contributed by atoms with Crippen molar-refractivity contribution in [3.05, 3.63) is 66.2 Å². The number of rotatable bonds is 8. The van der Waals surface area contributed by atoms with Crippen molar-refractivity contribution >= 4 is 25.6 Å². The monoisotopic (exact) mass is 399 g/mol. The van der Waals surface area contributed by atoms with Gasteiger partial charge in [0.2, 0.25) is 0 Å². The van der Waals surface area contributed by atoms with Gasteiger partial charge >= 0.3 is 12.1 Å². The third-order valence-electron chi connectivity index (χ3n) is 5.07. The number of carboxylic acid groups (broad SMARTS) is 1. The van der Waals surface area contributed by atoms with Crippen LogP contribution in [0.2, 0.25) is 11.1 Å². The van der Waals surface area contributed by atoms with Crippen LogP contribution in [0.4, 0.5) is 4.79 Å². The summed E-state index contributed by atoms with van der Waals surface area (Å²) in [7, 11) is -2.69. The minimum absolute atomic E-state index is 0.137. The van der Waals surface area contributed by atoms with Crippen molar-refractivity contribution in [3.8, 4) is 0 Å². The van der Waals surface area contributed by atoms with Gasteiger partial charge < -0.3 is 14.8 Å². The van der Waals surface area contributed by atoms with Gasteiger partial charge in [-0.1, -0.05) is 88.4 Å². The maximum Gasteiger partial charge on any atom is 0.394 e. The van der Waals surface area contributed by atoms with Crippen molar-refractivity contribution in [2.45, 2.75) is 51.2 Å². The molecule has 0 radical (unpaired) electrons. The normalized spacial score (nSPS) is 12.6. The van der Waals surface area contributed by atoms with Crippen molar-refractivity contribution in [2.75, 3.05) is 0 Å². The molecule has 0 spiro atoms. The Kier molecular flexibility index (Phi) is 7.40. The highest BCUT2D eigenvalue weighted by Gasteiger charge is 2.47. The van der Waals surface area contributed by atoms with Crippen LogP contribution >= 0.6 is 0 Å². The van der Waals surface area contributed by atoms with E-state index in [4.69, 9.17) is 4.43 Å². The standard InChI is InChI=1S/C22H29NO4Si/c1-16(2)28(17(3)4,19-13-9-6-10-14-19)27-22(26)23-20(21(24)25)15-18-11-7-5-8-12-18/h5-14,16-17,20H,15H2,1-4H3,(H,23,26)(H,24,25)/t20-/m0/s1. The number of hydrogen-bond acceptors (Lipinski definition) is 3. The number of carboxylic acids is 1. The minimum atomic E-state index is -2.69. The summed E-state index contributed by atoms with van der Waals surface area (Å²) >= 11 is 0. The fourth-order valence-corrected chi connectivity index (χ4v) is 8.04. The summed E-state index contributed by atoms with van der Waals surface area (Å²) in [4.78, 5) is 24.5. The predicted octanol–water partition coefficient (Wildman–Crippen LogP) is 4.08. The number of amides is 1. The Morgan fingerprint density at radius 2 is 1.43 bits per heavy atom. The summed E-state index contributed by atoms with van der Waals surface area (Å²) in [5, 5.41) is 13.2.